The number of halogens is 1. The van der Waals surface area contributed by atoms with Gasteiger partial charge in [0.25, 0.3) is 5.91 Å². The molecule has 0 aromatic heterocycles. The third kappa shape index (κ3) is 5.67. The minimum atomic E-state index is -0.278. The Morgan fingerprint density at radius 2 is 1.94 bits per heavy atom. The van der Waals surface area contributed by atoms with E-state index in [1.807, 2.05) is 54.6 Å². The molecule has 1 aliphatic rings. The first-order chi connectivity index (χ1) is 15.2. The molecule has 4 rings (SSSR count). The van der Waals surface area contributed by atoms with Crippen molar-refractivity contribution < 1.29 is 19.0 Å². The van der Waals surface area contributed by atoms with Crippen LogP contribution in [0, 0.1) is 0 Å². The first-order valence-electron chi connectivity index (χ1n) is 9.59. The molecule has 1 heterocycles. The number of ether oxygens (including phenoxy) is 3. The maximum atomic E-state index is 12.0. The highest BCUT2D eigenvalue weighted by Crippen LogP contribution is 2.34. The van der Waals surface area contributed by atoms with E-state index in [0.29, 0.717) is 28.9 Å². The number of fused-ring (bicyclic) bond motifs is 1. The van der Waals surface area contributed by atoms with Crippen molar-refractivity contribution in [3.8, 4) is 17.2 Å². The summed E-state index contributed by atoms with van der Waals surface area (Å²) in [6, 6.07) is 20.3. The van der Waals surface area contributed by atoms with Crippen molar-refractivity contribution in [1.29, 1.82) is 0 Å². The Morgan fingerprint density at radius 1 is 1.06 bits per heavy atom. The average Bonchev–Trinajstić information content (AvgIpc) is 3.25. The molecule has 31 heavy (non-hydrogen) atoms. The lowest BCUT2D eigenvalue weighted by atomic mass is 10.2. The number of anilines is 1. The number of carbonyl (C=O) groups excluding carboxylic acids is 1. The molecule has 8 heteroatoms. The van der Waals surface area contributed by atoms with E-state index in [0.717, 1.165) is 16.8 Å². The number of amides is 1. The Balaban J connectivity index is 1.25. The quantitative estimate of drug-likeness (QED) is 0.407. The summed E-state index contributed by atoms with van der Waals surface area (Å²) in [5.74, 6) is 1.75. The highest BCUT2D eigenvalue weighted by molar-refractivity contribution is 6.31. The fraction of sp³-hybridized carbons (Fsp3) is 0.130. The van der Waals surface area contributed by atoms with Crippen molar-refractivity contribution in [3.63, 3.8) is 0 Å². The molecule has 1 aliphatic heterocycles. The van der Waals surface area contributed by atoms with Gasteiger partial charge in [-0.3, -0.25) is 4.79 Å². The average molecular weight is 438 g/mol. The molecule has 1 amide bonds. The maximum absolute atomic E-state index is 12.0. The number of hydrogen-bond acceptors (Lipinski definition) is 6. The smallest absolute Gasteiger partial charge is 0.259 e. The lowest BCUT2D eigenvalue weighted by Gasteiger charge is -2.08. The van der Waals surface area contributed by atoms with Crippen molar-refractivity contribution >= 4 is 29.4 Å². The van der Waals surface area contributed by atoms with Crippen molar-refractivity contribution in [2.45, 2.75) is 6.61 Å². The third-order valence-electron chi connectivity index (χ3n) is 4.44. The molecule has 0 saturated carbocycles. The van der Waals surface area contributed by atoms with Gasteiger partial charge >= 0.3 is 0 Å². The minimum absolute atomic E-state index is 0.0674. The second kappa shape index (κ2) is 9.86. The van der Waals surface area contributed by atoms with E-state index in [2.05, 4.69) is 15.8 Å². The Morgan fingerprint density at radius 3 is 2.84 bits per heavy atom. The van der Waals surface area contributed by atoms with Gasteiger partial charge in [-0.25, -0.2) is 5.43 Å². The predicted octanol–water partition coefficient (Wildman–Crippen LogP) is 4.21. The first kappa shape index (κ1) is 20.6. The van der Waals surface area contributed by atoms with Crippen LogP contribution in [0.4, 0.5) is 5.69 Å². The predicted molar refractivity (Wildman–Crippen MR) is 119 cm³/mol. The third-order valence-corrected chi connectivity index (χ3v) is 4.81. The summed E-state index contributed by atoms with van der Waals surface area (Å²) in [7, 11) is 0. The first-order valence-corrected chi connectivity index (χ1v) is 9.97. The van der Waals surface area contributed by atoms with Gasteiger partial charge < -0.3 is 19.5 Å². The molecule has 3 aromatic rings. The molecular weight excluding hydrogens is 418 g/mol. The molecule has 7 nitrogen and oxygen atoms in total. The highest BCUT2D eigenvalue weighted by atomic mass is 35.5. The molecule has 0 fully saturated rings. The number of nitrogens with zero attached hydrogens (tertiary/aromatic N) is 1. The normalized spacial score (nSPS) is 12.0. The van der Waals surface area contributed by atoms with Crippen LogP contribution in [0.2, 0.25) is 5.02 Å². The summed E-state index contributed by atoms with van der Waals surface area (Å²) in [6.07, 6.45) is 1.56. The standard InChI is InChI=1S/C23H20ClN3O4/c24-20-7-2-1-5-17(20)14-29-19-6-3-4-16(10-19)12-26-27-23(28)13-25-18-8-9-21-22(11-18)31-15-30-21/h1-12,25H,13-15H2,(H,27,28)/b26-12+. The zero-order valence-corrected chi connectivity index (χ0v) is 17.3. The number of hydrazone groups is 1. The van der Waals surface area contributed by atoms with Gasteiger partial charge in [0.2, 0.25) is 6.79 Å². The van der Waals surface area contributed by atoms with E-state index in [4.69, 9.17) is 25.8 Å². The molecule has 0 spiro atoms. The number of carbonyl (C=O) groups is 1. The topological polar surface area (TPSA) is 81.2 Å². The van der Waals surface area contributed by atoms with Crippen LogP contribution in [-0.2, 0) is 11.4 Å². The second-order valence-electron chi connectivity index (χ2n) is 6.67. The number of hydrogen-bond donors (Lipinski definition) is 2. The summed E-state index contributed by atoms with van der Waals surface area (Å²) in [6.45, 7) is 0.640. The summed E-state index contributed by atoms with van der Waals surface area (Å²) in [4.78, 5) is 12.0. The Bertz CT molecular complexity index is 1100. The van der Waals surface area contributed by atoms with Crippen LogP contribution in [0.3, 0.4) is 0 Å². The zero-order valence-electron chi connectivity index (χ0n) is 16.5. The van der Waals surface area contributed by atoms with Gasteiger partial charge in [-0.1, -0.05) is 41.9 Å². The fourth-order valence-corrected chi connectivity index (χ4v) is 3.06. The van der Waals surface area contributed by atoms with E-state index in [9.17, 15) is 4.79 Å². The molecule has 0 atom stereocenters. The largest absolute Gasteiger partial charge is 0.489 e. The van der Waals surface area contributed by atoms with E-state index >= 15 is 0 Å². The van der Waals surface area contributed by atoms with Crippen LogP contribution in [0.1, 0.15) is 11.1 Å². The Hall–Kier alpha value is -3.71. The molecule has 0 saturated heterocycles. The van der Waals surface area contributed by atoms with Crippen LogP contribution in [0.25, 0.3) is 0 Å². The minimum Gasteiger partial charge on any atom is -0.489 e. The van der Waals surface area contributed by atoms with Gasteiger partial charge in [-0.2, -0.15) is 5.10 Å². The molecule has 0 unspecified atom stereocenters. The maximum Gasteiger partial charge on any atom is 0.259 e. The monoisotopic (exact) mass is 437 g/mol. The van der Waals surface area contributed by atoms with Crippen molar-refractivity contribution in [3.05, 3.63) is 82.9 Å². The van der Waals surface area contributed by atoms with Gasteiger partial charge in [-0.05, 0) is 35.9 Å². The van der Waals surface area contributed by atoms with Gasteiger partial charge in [0, 0.05) is 22.3 Å². The summed E-state index contributed by atoms with van der Waals surface area (Å²) in [5, 5.41) is 7.68. The molecule has 158 valence electrons. The SMILES string of the molecule is O=C(CNc1ccc2c(c1)OCO2)N/N=C/c1cccc(OCc2ccccc2Cl)c1. The Labute approximate surface area is 184 Å². The molecule has 0 bridgehead atoms. The number of nitrogens with one attached hydrogen (secondary N) is 2. The van der Waals surface area contributed by atoms with Crippen LogP contribution < -0.4 is 25.0 Å². The van der Waals surface area contributed by atoms with Crippen molar-refractivity contribution in [2.24, 2.45) is 5.10 Å². The van der Waals surface area contributed by atoms with Gasteiger partial charge in [0.05, 0.1) is 12.8 Å². The van der Waals surface area contributed by atoms with Crippen LogP contribution in [-0.4, -0.2) is 25.5 Å². The summed E-state index contributed by atoms with van der Waals surface area (Å²) in [5.41, 5.74) is 4.95. The highest BCUT2D eigenvalue weighted by Gasteiger charge is 2.13. The van der Waals surface area contributed by atoms with Gasteiger partial charge in [-0.15, -0.1) is 0 Å². The number of benzene rings is 3. The molecule has 2 N–H and O–H groups in total. The second-order valence-corrected chi connectivity index (χ2v) is 7.07. The van der Waals surface area contributed by atoms with E-state index in [1.54, 1.807) is 18.3 Å². The molecule has 3 aromatic carbocycles. The van der Waals surface area contributed by atoms with E-state index in [1.165, 1.54) is 0 Å². The zero-order chi connectivity index (χ0) is 21.5. The fourth-order valence-electron chi connectivity index (χ4n) is 2.87. The lowest BCUT2D eigenvalue weighted by molar-refractivity contribution is -0.119. The van der Waals surface area contributed by atoms with Crippen molar-refractivity contribution in [2.75, 3.05) is 18.7 Å². The van der Waals surface area contributed by atoms with Crippen LogP contribution in [0.15, 0.2) is 71.8 Å². The lowest BCUT2D eigenvalue weighted by Crippen LogP contribution is -2.25. The number of rotatable bonds is 8. The van der Waals surface area contributed by atoms with E-state index < -0.39 is 0 Å². The van der Waals surface area contributed by atoms with Crippen LogP contribution in [0.5, 0.6) is 17.2 Å². The molecular formula is C23H20ClN3O4. The summed E-state index contributed by atoms with van der Waals surface area (Å²) >= 11 is 6.15. The molecule has 0 radical (unpaired) electrons. The summed E-state index contributed by atoms with van der Waals surface area (Å²) < 4.78 is 16.4. The Kier molecular flexibility index (Phi) is 6.54. The van der Waals surface area contributed by atoms with E-state index in [-0.39, 0.29) is 19.2 Å². The van der Waals surface area contributed by atoms with Gasteiger partial charge in [0.1, 0.15) is 12.4 Å². The van der Waals surface area contributed by atoms with Gasteiger partial charge in [0.15, 0.2) is 11.5 Å². The van der Waals surface area contributed by atoms with Crippen molar-refractivity contribution in [1.82, 2.24) is 5.43 Å². The van der Waals surface area contributed by atoms with Crippen LogP contribution >= 0.6 is 11.6 Å². The molecule has 0 aliphatic carbocycles.